The summed E-state index contributed by atoms with van der Waals surface area (Å²) in [5.74, 6) is 0.188. The van der Waals surface area contributed by atoms with Gasteiger partial charge >= 0.3 is 0 Å². The van der Waals surface area contributed by atoms with Crippen molar-refractivity contribution in [1.82, 2.24) is 15.0 Å². The van der Waals surface area contributed by atoms with Gasteiger partial charge in [-0.25, -0.2) is 0 Å². The number of nitrogens with zero attached hydrogens (tertiary/aromatic N) is 4. The third-order valence-electron chi connectivity index (χ3n) is 1.97. The number of hydrogen-bond acceptors (Lipinski definition) is 6. The molecule has 6 nitrogen and oxygen atoms in total. The van der Waals surface area contributed by atoms with Crippen LogP contribution in [0, 0.1) is 11.3 Å². The molecule has 0 saturated carbocycles. The Hall–Kier alpha value is -1.91. The van der Waals surface area contributed by atoms with Gasteiger partial charge in [0.15, 0.2) is 0 Å². The maximum absolute atomic E-state index is 8.99. The lowest BCUT2D eigenvalue weighted by molar-refractivity contribution is 1.07. The van der Waals surface area contributed by atoms with E-state index in [0.29, 0.717) is 11.3 Å². The van der Waals surface area contributed by atoms with Gasteiger partial charge in [0.25, 0.3) is 0 Å². The molecule has 0 radical (unpaired) electrons. The van der Waals surface area contributed by atoms with Crippen LogP contribution in [-0.2, 0) is 0 Å². The van der Waals surface area contributed by atoms with Gasteiger partial charge in [0.1, 0.15) is 6.07 Å². The Labute approximate surface area is 116 Å². The summed E-state index contributed by atoms with van der Waals surface area (Å²) >= 11 is 8.98. The number of rotatable bonds is 2. The number of nitrogens with two attached hydrogens (primary N) is 1. The predicted octanol–water partition coefficient (Wildman–Crippen LogP) is 2.48. The normalized spacial score (nSPS) is 9.83. The molecule has 0 aliphatic rings. The molecule has 2 rings (SSSR count). The Morgan fingerprint density at radius 1 is 1.33 bits per heavy atom. The summed E-state index contributed by atoms with van der Waals surface area (Å²) in [6, 6.07) is 7.21. The molecular weight excluding hydrogens is 320 g/mol. The first-order chi connectivity index (χ1) is 8.58. The van der Waals surface area contributed by atoms with Gasteiger partial charge < -0.3 is 11.1 Å². The second-order valence-corrected chi connectivity index (χ2v) is 4.47. The van der Waals surface area contributed by atoms with Crippen molar-refractivity contribution in [3.05, 3.63) is 33.5 Å². The third kappa shape index (κ3) is 2.85. The van der Waals surface area contributed by atoms with E-state index in [4.69, 9.17) is 22.6 Å². The fourth-order valence-electron chi connectivity index (χ4n) is 1.26. The molecule has 8 heteroatoms. The van der Waals surface area contributed by atoms with Crippen LogP contribution >= 0.6 is 27.5 Å². The van der Waals surface area contributed by atoms with Crippen LogP contribution in [0.3, 0.4) is 0 Å². The second kappa shape index (κ2) is 5.16. The average Bonchev–Trinajstić information content (AvgIpc) is 2.27. The van der Waals surface area contributed by atoms with Crippen molar-refractivity contribution in [2.75, 3.05) is 11.1 Å². The number of anilines is 3. The Morgan fingerprint density at radius 3 is 2.78 bits per heavy atom. The van der Waals surface area contributed by atoms with Gasteiger partial charge in [-0.2, -0.15) is 20.2 Å². The monoisotopic (exact) mass is 324 g/mol. The van der Waals surface area contributed by atoms with Crippen molar-refractivity contribution in [2.45, 2.75) is 0 Å². The van der Waals surface area contributed by atoms with Crippen LogP contribution in [0.4, 0.5) is 17.6 Å². The molecule has 90 valence electrons. The first-order valence-corrected chi connectivity index (χ1v) is 5.89. The van der Waals surface area contributed by atoms with Crippen LogP contribution < -0.4 is 11.1 Å². The first-order valence-electron chi connectivity index (χ1n) is 4.72. The van der Waals surface area contributed by atoms with Gasteiger partial charge in [0.2, 0.25) is 17.2 Å². The zero-order valence-corrected chi connectivity index (χ0v) is 11.2. The third-order valence-corrected chi connectivity index (χ3v) is 2.64. The highest BCUT2D eigenvalue weighted by Crippen LogP contribution is 2.23. The van der Waals surface area contributed by atoms with Crippen molar-refractivity contribution in [3.8, 4) is 6.07 Å². The number of benzene rings is 1. The van der Waals surface area contributed by atoms with Gasteiger partial charge in [0.05, 0.1) is 11.3 Å². The van der Waals surface area contributed by atoms with Crippen molar-refractivity contribution >= 4 is 45.1 Å². The number of halogens is 2. The molecule has 1 aromatic carbocycles. The first kappa shape index (κ1) is 12.5. The number of nitrogen functional groups attached to an aromatic ring is 1. The minimum Gasteiger partial charge on any atom is -0.368 e. The summed E-state index contributed by atoms with van der Waals surface area (Å²) in [6.45, 7) is 0. The summed E-state index contributed by atoms with van der Waals surface area (Å²) in [5.41, 5.74) is 6.45. The van der Waals surface area contributed by atoms with Crippen molar-refractivity contribution in [1.29, 1.82) is 5.26 Å². The molecular formula is C10H6BrClN6. The van der Waals surface area contributed by atoms with E-state index < -0.39 is 0 Å². The SMILES string of the molecule is N#Cc1ccc(Br)cc1Nc1nc(N)nc(Cl)n1. The van der Waals surface area contributed by atoms with E-state index in [1.807, 2.05) is 0 Å². The van der Waals surface area contributed by atoms with Gasteiger partial charge in [0, 0.05) is 4.47 Å². The molecule has 0 atom stereocenters. The van der Waals surface area contributed by atoms with Gasteiger partial charge in [-0.05, 0) is 29.8 Å². The molecule has 0 aliphatic heterocycles. The molecule has 18 heavy (non-hydrogen) atoms. The molecule has 1 heterocycles. The smallest absolute Gasteiger partial charge is 0.233 e. The summed E-state index contributed by atoms with van der Waals surface area (Å²) in [6.07, 6.45) is 0. The second-order valence-electron chi connectivity index (χ2n) is 3.21. The molecule has 0 unspecified atom stereocenters. The minimum atomic E-state index is -0.0153. The lowest BCUT2D eigenvalue weighted by Gasteiger charge is -2.07. The van der Waals surface area contributed by atoms with Crippen molar-refractivity contribution < 1.29 is 0 Å². The number of aromatic nitrogens is 3. The van der Waals surface area contributed by atoms with Crippen LogP contribution in [0.15, 0.2) is 22.7 Å². The van der Waals surface area contributed by atoms with Gasteiger partial charge in [-0.1, -0.05) is 15.9 Å². The van der Waals surface area contributed by atoms with E-state index in [1.54, 1.807) is 18.2 Å². The molecule has 0 saturated heterocycles. The minimum absolute atomic E-state index is 0.00556. The quantitative estimate of drug-likeness (QED) is 0.879. The van der Waals surface area contributed by atoms with Crippen molar-refractivity contribution in [2.24, 2.45) is 0 Å². The highest BCUT2D eigenvalue weighted by Gasteiger charge is 2.07. The van der Waals surface area contributed by atoms with E-state index >= 15 is 0 Å². The molecule has 0 aliphatic carbocycles. The molecule has 0 amide bonds. The Bertz CT molecular complexity index is 619. The standard InChI is InChI=1S/C10H6BrClN6/c11-6-2-1-5(4-13)7(3-6)15-10-17-8(12)16-9(14)18-10/h1-3H,(H3,14,15,16,17,18). The Morgan fingerprint density at radius 2 is 2.11 bits per heavy atom. The maximum atomic E-state index is 8.99. The average molecular weight is 326 g/mol. The Kier molecular flexibility index (Phi) is 3.60. The van der Waals surface area contributed by atoms with E-state index in [9.17, 15) is 0 Å². The van der Waals surface area contributed by atoms with Crippen LogP contribution in [0.5, 0.6) is 0 Å². The predicted molar refractivity (Wildman–Crippen MR) is 71.4 cm³/mol. The summed E-state index contributed by atoms with van der Waals surface area (Å²) in [7, 11) is 0. The van der Waals surface area contributed by atoms with Crippen molar-refractivity contribution in [3.63, 3.8) is 0 Å². The lowest BCUT2D eigenvalue weighted by Crippen LogP contribution is -2.04. The Balaban J connectivity index is 2.39. The van der Waals surface area contributed by atoms with Gasteiger partial charge in [-0.3, -0.25) is 0 Å². The summed E-state index contributed by atoms with van der Waals surface area (Å²) in [5, 5.41) is 11.8. The van der Waals surface area contributed by atoms with E-state index in [-0.39, 0.29) is 17.2 Å². The van der Waals surface area contributed by atoms with Crippen LogP contribution in [0.2, 0.25) is 5.28 Å². The van der Waals surface area contributed by atoms with Gasteiger partial charge in [-0.15, -0.1) is 0 Å². The van der Waals surface area contributed by atoms with Crippen LogP contribution in [0.1, 0.15) is 5.56 Å². The maximum Gasteiger partial charge on any atom is 0.233 e. The number of nitriles is 1. The zero-order chi connectivity index (χ0) is 13.1. The largest absolute Gasteiger partial charge is 0.368 e. The number of hydrogen-bond donors (Lipinski definition) is 2. The summed E-state index contributed by atoms with van der Waals surface area (Å²) in [4.78, 5) is 11.4. The summed E-state index contributed by atoms with van der Waals surface area (Å²) < 4.78 is 0.817. The van der Waals surface area contributed by atoms with E-state index in [1.165, 1.54) is 0 Å². The molecule has 0 bridgehead atoms. The zero-order valence-electron chi connectivity index (χ0n) is 8.85. The molecule has 3 N–H and O–H groups in total. The van der Waals surface area contributed by atoms with Crippen LogP contribution in [-0.4, -0.2) is 15.0 Å². The van der Waals surface area contributed by atoms with Crippen LogP contribution in [0.25, 0.3) is 0 Å². The molecule has 2 aromatic rings. The van der Waals surface area contributed by atoms with E-state index in [0.717, 1.165) is 4.47 Å². The lowest BCUT2D eigenvalue weighted by atomic mass is 10.2. The highest BCUT2D eigenvalue weighted by atomic mass is 79.9. The molecule has 1 aromatic heterocycles. The van der Waals surface area contributed by atoms with E-state index in [2.05, 4.69) is 42.3 Å². The number of nitrogens with one attached hydrogen (secondary N) is 1. The topological polar surface area (TPSA) is 101 Å². The highest BCUT2D eigenvalue weighted by molar-refractivity contribution is 9.10. The molecule has 0 fully saturated rings. The fraction of sp³-hybridized carbons (Fsp3) is 0. The fourth-order valence-corrected chi connectivity index (χ4v) is 1.79. The molecule has 0 spiro atoms.